The molecule has 2 rings (SSSR count). The molecule has 8 nitrogen and oxygen atoms in total. The van der Waals surface area contributed by atoms with E-state index in [0.717, 1.165) is 25.7 Å². The highest BCUT2D eigenvalue weighted by Gasteiger charge is 2.23. The molecule has 0 heterocycles. The van der Waals surface area contributed by atoms with Crippen molar-refractivity contribution < 1.29 is 22.7 Å². The van der Waals surface area contributed by atoms with Crippen LogP contribution in [-0.4, -0.2) is 39.5 Å². The van der Waals surface area contributed by atoms with E-state index in [1.165, 1.54) is 24.3 Å². The molecule has 1 aromatic rings. The number of carbonyl (C=O) groups excluding carboxylic acids is 2. The van der Waals surface area contributed by atoms with Crippen LogP contribution >= 0.6 is 0 Å². The Kier molecular flexibility index (Phi) is 7.33. The Morgan fingerprint density at radius 2 is 1.96 bits per heavy atom. The van der Waals surface area contributed by atoms with Gasteiger partial charge in [0.1, 0.15) is 12.6 Å². The molecule has 2 atom stereocenters. The number of carbonyl (C=O) groups is 2. The second-order valence-electron chi connectivity index (χ2n) is 6.53. The third kappa shape index (κ3) is 6.05. The van der Waals surface area contributed by atoms with Crippen LogP contribution in [0.2, 0.25) is 0 Å². The molecule has 0 unspecified atom stereocenters. The van der Waals surface area contributed by atoms with Gasteiger partial charge < -0.3 is 10.1 Å². The van der Waals surface area contributed by atoms with Gasteiger partial charge in [-0.25, -0.2) is 8.42 Å². The van der Waals surface area contributed by atoms with Gasteiger partial charge in [-0.05, 0) is 30.9 Å². The lowest BCUT2D eigenvalue weighted by molar-refractivity contribution is -0.147. The summed E-state index contributed by atoms with van der Waals surface area (Å²) >= 11 is 0. The first-order valence-corrected chi connectivity index (χ1v) is 10.3. The molecule has 1 aliphatic rings. The fourth-order valence-electron chi connectivity index (χ4n) is 3.00. The monoisotopic (exact) mass is 393 g/mol. The molecule has 9 heteroatoms. The molecule has 1 saturated carbocycles. The van der Waals surface area contributed by atoms with Gasteiger partial charge in [0.15, 0.2) is 6.61 Å². The van der Waals surface area contributed by atoms with E-state index < -0.39 is 35.1 Å². The average molecular weight is 393 g/mol. The maximum absolute atomic E-state index is 12.2. The van der Waals surface area contributed by atoms with Gasteiger partial charge in [0, 0.05) is 6.04 Å². The third-order valence-electron chi connectivity index (χ3n) is 4.53. The van der Waals surface area contributed by atoms with E-state index in [4.69, 9.17) is 10.00 Å². The van der Waals surface area contributed by atoms with Crippen LogP contribution in [0.1, 0.15) is 38.2 Å². The van der Waals surface area contributed by atoms with Crippen LogP contribution in [0.15, 0.2) is 29.2 Å². The highest BCUT2D eigenvalue weighted by atomic mass is 32.2. The van der Waals surface area contributed by atoms with Crippen molar-refractivity contribution in [3.05, 3.63) is 29.8 Å². The zero-order valence-corrected chi connectivity index (χ0v) is 15.9. The number of sulfonamides is 1. The number of amides is 1. The Hall–Kier alpha value is -2.44. The number of rotatable bonds is 7. The fraction of sp³-hybridized carbons (Fsp3) is 0.500. The van der Waals surface area contributed by atoms with Gasteiger partial charge in [0.05, 0.1) is 10.5 Å². The first kappa shape index (κ1) is 20.9. The van der Waals surface area contributed by atoms with E-state index in [-0.39, 0.29) is 16.5 Å². The van der Waals surface area contributed by atoms with E-state index in [2.05, 4.69) is 17.0 Å². The summed E-state index contributed by atoms with van der Waals surface area (Å²) < 4.78 is 31.3. The number of hydrogen-bond acceptors (Lipinski definition) is 6. The minimum atomic E-state index is -4.04. The third-order valence-corrected chi connectivity index (χ3v) is 5.99. The molecule has 1 aliphatic carbocycles. The van der Waals surface area contributed by atoms with Gasteiger partial charge >= 0.3 is 5.97 Å². The Morgan fingerprint density at radius 1 is 1.26 bits per heavy atom. The first-order chi connectivity index (χ1) is 12.8. The Morgan fingerprint density at radius 3 is 2.67 bits per heavy atom. The standard InChI is InChI=1S/C18H23N3O5S/c1-13-6-2-4-8-15(13)21-17(22)12-26-18(23)11-20-27(24,25)16-9-5-3-7-14(16)10-19/h3,5,7,9,13,15,20H,2,4,6,8,11-12H2,1H3,(H,21,22)/t13-,15-/m1/s1. The molecule has 1 fully saturated rings. The van der Waals surface area contributed by atoms with Crippen LogP contribution in [0, 0.1) is 17.2 Å². The summed E-state index contributed by atoms with van der Waals surface area (Å²) in [4.78, 5) is 23.4. The minimum Gasteiger partial charge on any atom is -0.455 e. The van der Waals surface area contributed by atoms with E-state index in [0.29, 0.717) is 5.92 Å². The quantitative estimate of drug-likeness (QED) is 0.668. The normalized spacial score (nSPS) is 19.7. The van der Waals surface area contributed by atoms with Gasteiger partial charge in [-0.1, -0.05) is 31.9 Å². The van der Waals surface area contributed by atoms with Crippen LogP contribution in [0.4, 0.5) is 0 Å². The Balaban J connectivity index is 1.80. The number of benzene rings is 1. The predicted molar refractivity (Wildman–Crippen MR) is 96.9 cm³/mol. The Labute approximate surface area is 158 Å². The van der Waals surface area contributed by atoms with Crippen LogP contribution < -0.4 is 10.0 Å². The molecule has 0 bridgehead atoms. The number of nitrogens with one attached hydrogen (secondary N) is 2. The van der Waals surface area contributed by atoms with Gasteiger partial charge in [0.25, 0.3) is 5.91 Å². The molecule has 2 N–H and O–H groups in total. The number of nitrogens with zero attached hydrogens (tertiary/aromatic N) is 1. The van der Waals surface area contributed by atoms with E-state index >= 15 is 0 Å². The smallest absolute Gasteiger partial charge is 0.321 e. The number of esters is 1. The topological polar surface area (TPSA) is 125 Å². The lowest BCUT2D eigenvalue weighted by atomic mass is 9.86. The highest BCUT2D eigenvalue weighted by Crippen LogP contribution is 2.23. The van der Waals surface area contributed by atoms with Crippen molar-refractivity contribution in [2.45, 2.75) is 43.5 Å². The maximum Gasteiger partial charge on any atom is 0.321 e. The maximum atomic E-state index is 12.2. The van der Waals surface area contributed by atoms with E-state index in [9.17, 15) is 18.0 Å². The van der Waals surface area contributed by atoms with Crippen LogP contribution in [0.25, 0.3) is 0 Å². The van der Waals surface area contributed by atoms with Gasteiger partial charge in [-0.3, -0.25) is 9.59 Å². The molecular formula is C18H23N3O5S. The van der Waals surface area contributed by atoms with Crippen LogP contribution in [0.5, 0.6) is 0 Å². The van der Waals surface area contributed by atoms with Crippen molar-refractivity contribution in [2.24, 2.45) is 5.92 Å². The molecule has 0 spiro atoms. The molecular weight excluding hydrogens is 370 g/mol. The predicted octanol–water partition coefficient (Wildman–Crippen LogP) is 1.07. The summed E-state index contributed by atoms with van der Waals surface area (Å²) in [5.41, 5.74) is -0.0284. The molecule has 146 valence electrons. The Bertz CT molecular complexity index is 832. The lowest BCUT2D eigenvalue weighted by Gasteiger charge is -2.29. The number of ether oxygens (including phenoxy) is 1. The zero-order chi connectivity index (χ0) is 19.9. The largest absolute Gasteiger partial charge is 0.455 e. The van der Waals surface area contributed by atoms with E-state index in [1.807, 2.05) is 0 Å². The van der Waals surface area contributed by atoms with Crippen LogP contribution in [0.3, 0.4) is 0 Å². The average Bonchev–Trinajstić information content (AvgIpc) is 2.66. The summed E-state index contributed by atoms with van der Waals surface area (Å²) in [5, 5.41) is 11.8. The number of hydrogen-bond donors (Lipinski definition) is 2. The van der Waals surface area contributed by atoms with Gasteiger partial charge in [-0.15, -0.1) is 0 Å². The van der Waals surface area contributed by atoms with Crippen molar-refractivity contribution in [3.8, 4) is 6.07 Å². The van der Waals surface area contributed by atoms with Crippen molar-refractivity contribution in [3.63, 3.8) is 0 Å². The number of nitriles is 1. The molecule has 1 aromatic carbocycles. The summed E-state index contributed by atoms with van der Waals surface area (Å²) in [7, 11) is -4.04. The summed E-state index contributed by atoms with van der Waals surface area (Å²) in [6.07, 6.45) is 4.16. The fourth-order valence-corrected chi connectivity index (χ4v) is 4.13. The summed E-state index contributed by atoms with van der Waals surface area (Å²) in [6.45, 7) is 0.984. The van der Waals surface area contributed by atoms with Crippen molar-refractivity contribution >= 4 is 21.9 Å². The van der Waals surface area contributed by atoms with Crippen molar-refractivity contribution in [1.82, 2.24) is 10.0 Å². The zero-order valence-electron chi connectivity index (χ0n) is 15.1. The molecule has 0 aromatic heterocycles. The van der Waals surface area contributed by atoms with Gasteiger partial charge in [0.2, 0.25) is 10.0 Å². The molecule has 0 saturated heterocycles. The second-order valence-corrected chi connectivity index (χ2v) is 8.26. The molecule has 0 aliphatic heterocycles. The first-order valence-electron chi connectivity index (χ1n) is 8.77. The van der Waals surface area contributed by atoms with E-state index in [1.54, 1.807) is 6.07 Å². The second kappa shape index (κ2) is 9.48. The summed E-state index contributed by atoms with van der Waals surface area (Å²) in [5.74, 6) is -0.898. The van der Waals surface area contributed by atoms with Crippen LogP contribution in [-0.2, 0) is 24.3 Å². The van der Waals surface area contributed by atoms with Gasteiger partial charge in [-0.2, -0.15) is 9.98 Å². The SMILES string of the molecule is C[C@@H]1CCCC[C@H]1NC(=O)COC(=O)CNS(=O)(=O)c1ccccc1C#N. The summed E-state index contributed by atoms with van der Waals surface area (Å²) in [6, 6.07) is 7.51. The molecule has 27 heavy (non-hydrogen) atoms. The van der Waals surface area contributed by atoms with Crippen molar-refractivity contribution in [1.29, 1.82) is 5.26 Å². The lowest BCUT2D eigenvalue weighted by Crippen LogP contribution is -2.43. The van der Waals surface area contributed by atoms with Crippen molar-refractivity contribution in [2.75, 3.05) is 13.2 Å². The highest BCUT2D eigenvalue weighted by molar-refractivity contribution is 7.89. The molecule has 1 amide bonds. The molecule has 0 radical (unpaired) electrons. The minimum absolute atomic E-state index is 0.0284.